The smallest absolute Gasteiger partial charge is 0.491 e. The number of phenols is 1. The van der Waals surface area contributed by atoms with E-state index in [0.717, 1.165) is 12.3 Å². The van der Waals surface area contributed by atoms with Crippen molar-refractivity contribution in [2.75, 3.05) is 0 Å². The molecule has 1 aromatic carbocycles. The molecule has 0 bridgehead atoms. The van der Waals surface area contributed by atoms with Crippen LogP contribution < -0.4 is 9.47 Å². The van der Waals surface area contributed by atoms with Crippen LogP contribution in [0.2, 0.25) is 0 Å². The Morgan fingerprint density at radius 3 is 2.04 bits per heavy atom. The summed E-state index contributed by atoms with van der Waals surface area (Å²) in [5, 5.41) is 15.6. The minimum absolute atomic E-state index is 0.0898. The number of alkyl halides is 6. The summed E-state index contributed by atoms with van der Waals surface area (Å²) in [6, 6.07) is 1.43. The molecule has 0 spiro atoms. The topological polar surface area (TPSA) is 102 Å². The molecule has 0 radical (unpaired) electrons. The van der Waals surface area contributed by atoms with E-state index in [9.17, 15) is 41.0 Å². The van der Waals surface area contributed by atoms with Crippen LogP contribution in [0, 0.1) is 0 Å². The van der Waals surface area contributed by atoms with Gasteiger partial charge in [-0.3, -0.25) is 5.10 Å². The Labute approximate surface area is 139 Å². The van der Waals surface area contributed by atoms with Crippen molar-refractivity contribution in [3.8, 4) is 28.4 Å². The summed E-state index contributed by atoms with van der Waals surface area (Å²) in [5.41, 5.74) is 0.0892. The maximum atomic E-state index is 12.4. The fraction of sp³-hybridized carbons (Fsp3) is 0.154. The molecule has 0 aliphatic rings. The van der Waals surface area contributed by atoms with E-state index < -0.39 is 41.5 Å². The molecule has 140 valence electrons. The Bertz CT molecular complexity index is 829. The summed E-state index contributed by atoms with van der Waals surface area (Å²) in [6.07, 6.45) is -8.62. The van der Waals surface area contributed by atoms with Gasteiger partial charge in [0.25, 0.3) is 0 Å². The Morgan fingerprint density at radius 1 is 0.962 bits per heavy atom. The monoisotopic (exact) mass is 384 g/mol. The number of benzene rings is 1. The molecular formula is C13H6F6N2O5. The van der Waals surface area contributed by atoms with Gasteiger partial charge in [0.2, 0.25) is 5.75 Å². The average molecular weight is 384 g/mol. The molecule has 13 heteroatoms. The van der Waals surface area contributed by atoms with Gasteiger partial charge in [-0.25, -0.2) is 9.59 Å². The van der Waals surface area contributed by atoms with Crippen molar-refractivity contribution in [1.29, 1.82) is 0 Å². The zero-order valence-corrected chi connectivity index (χ0v) is 12.1. The van der Waals surface area contributed by atoms with Crippen LogP contribution in [0.5, 0.6) is 17.2 Å². The highest BCUT2D eigenvalue weighted by atomic mass is 19.4. The summed E-state index contributed by atoms with van der Waals surface area (Å²) in [5.74, 6) is -9.47. The third-order valence-corrected chi connectivity index (χ3v) is 2.73. The second kappa shape index (κ2) is 6.57. The lowest BCUT2D eigenvalue weighted by molar-refractivity contribution is -0.191. The van der Waals surface area contributed by atoms with Gasteiger partial charge in [0, 0.05) is 11.8 Å². The number of hydrogen-bond acceptors (Lipinski definition) is 6. The third-order valence-electron chi connectivity index (χ3n) is 2.73. The number of aromatic nitrogens is 2. The van der Waals surface area contributed by atoms with Gasteiger partial charge >= 0.3 is 24.3 Å². The molecule has 0 atom stereocenters. The van der Waals surface area contributed by atoms with Crippen LogP contribution in [-0.4, -0.2) is 39.6 Å². The first kappa shape index (κ1) is 19.1. The molecule has 0 saturated heterocycles. The van der Waals surface area contributed by atoms with Crippen LogP contribution in [0.1, 0.15) is 0 Å². The van der Waals surface area contributed by atoms with Crippen LogP contribution in [0.4, 0.5) is 26.3 Å². The highest BCUT2D eigenvalue weighted by Gasteiger charge is 2.44. The average Bonchev–Trinajstić information content (AvgIpc) is 3.02. The van der Waals surface area contributed by atoms with E-state index in [2.05, 4.69) is 19.7 Å². The zero-order valence-electron chi connectivity index (χ0n) is 12.1. The van der Waals surface area contributed by atoms with Crippen molar-refractivity contribution in [3.63, 3.8) is 0 Å². The Kier molecular flexibility index (Phi) is 4.82. The van der Waals surface area contributed by atoms with Crippen molar-refractivity contribution >= 4 is 11.9 Å². The van der Waals surface area contributed by atoms with Crippen LogP contribution in [-0.2, 0) is 9.59 Å². The van der Waals surface area contributed by atoms with Crippen LogP contribution >= 0.6 is 0 Å². The number of nitrogens with zero attached hydrogens (tertiary/aromatic N) is 1. The standard InChI is InChI=1S/C13H6F6N2O5/c14-12(15,16)10(23)25-8-2-5(6-3-20-21-4-6)1-7(22)9(8)26-11(24)13(17,18)19/h1-4,22H,(H,20,21). The van der Waals surface area contributed by atoms with Crippen molar-refractivity contribution in [1.82, 2.24) is 10.2 Å². The van der Waals surface area contributed by atoms with Gasteiger partial charge in [-0.15, -0.1) is 0 Å². The van der Waals surface area contributed by atoms with E-state index in [4.69, 9.17) is 0 Å². The molecule has 7 nitrogen and oxygen atoms in total. The number of esters is 2. The Hall–Kier alpha value is -3.25. The second-order valence-electron chi connectivity index (χ2n) is 4.58. The van der Waals surface area contributed by atoms with Gasteiger partial charge < -0.3 is 14.6 Å². The predicted octanol–water partition coefficient (Wildman–Crippen LogP) is 2.72. The number of nitrogens with one attached hydrogen (secondary N) is 1. The van der Waals surface area contributed by atoms with E-state index in [-0.39, 0.29) is 11.1 Å². The molecule has 2 aromatic rings. The number of carbonyl (C=O) groups is 2. The molecule has 26 heavy (non-hydrogen) atoms. The summed E-state index contributed by atoms with van der Waals surface area (Å²) in [7, 11) is 0. The number of phenolic OH excluding ortho intramolecular Hbond substituents is 1. The summed E-state index contributed by atoms with van der Waals surface area (Å²) < 4.78 is 81.7. The largest absolute Gasteiger partial charge is 0.504 e. The number of ether oxygens (including phenoxy) is 2. The Balaban J connectivity index is 2.51. The van der Waals surface area contributed by atoms with Gasteiger partial charge in [-0.05, 0) is 17.7 Å². The van der Waals surface area contributed by atoms with Gasteiger partial charge in [0.15, 0.2) is 11.5 Å². The zero-order chi connectivity index (χ0) is 19.7. The molecule has 2 rings (SSSR count). The normalized spacial score (nSPS) is 11.9. The molecule has 0 saturated carbocycles. The molecule has 2 N–H and O–H groups in total. The Morgan fingerprint density at radius 2 is 1.54 bits per heavy atom. The molecule has 0 aliphatic heterocycles. The second-order valence-corrected chi connectivity index (χ2v) is 4.58. The number of hydrogen-bond donors (Lipinski definition) is 2. The first-order chi connectivity index (χ1) is 11.9. The molecule has 0 fully saturated rings. The summed E-state index contributed by atoms with van der Waals surface area (Å²) in [6.45, 7) is 0. The fourth-order valence-electron chi connectivity index (χ4n) is 1.65. The number of H-pyrrole nitrogens is 1. The van der Waals surface area contributed by atoms with Crippen molar-refractivity contribution < 1.29 is 50.5 Å². The maximum absolute atomic E-state index is 12.4. The van der Waals surface area contributed by atoms with Crippen molar-refractivity contribution in [3.05, 3.63) is 24.5 Å². The summed E-state index contributed by atoms with van der Waals surface area (Å²) >= 11 is 0. The predicted molar refractivity (Wildman–Crippen MR) is 69.1 cm³/mol. The molecular weight excluding hydrogens is 378 g/mol. The van der Waals surface area contributed by atoms with Crippen LogP contribution in [0.3, 0.4) is 0 Å². The fourth-order valence-corrected chi connectivity index (χ4v) is 1.65. The minimum Gasteiger partial charge on any atom is -0.504 e. The van der Waals surface area contributed by atoms with Crippen LogP contribution in [0.25, 0.3) is 11.1 Å². The van der Waals surface area contributed by atoms with Gasteiger partial charge in [0.05, 0.1) is 6.20 Å². The van der Waals surface area contributed by atoms with E-state index in [1.807, 2.05) is 0 Å². The molecule has 0 amide bonds. The number of aromatic amines is 1. The van der Waals surface area contributed by atoms with Gasteiger partial charge in [-0.1, -0.05) is 0 Å². The maximum Gasteiger partial charge on any atom is 0.491 e. The van der Waals surface area contributed by atoms with E-state index >= 15 is 0 Å². The SMILES string of the molecule is O=C(Oc1cc(-c2cn[nH]c2)cc(O)c1OC(=O)C(F)(F)F)C(F)(F)F. The highest BCUT2D eigenvalue weighted by molar-refractivity contribution is 5.83. The molecule has 0 aliphatic carbocycles. The number of halogens is 6. The first-order valence-electron chi connectivity index (χ1n) is 6.33. The highest BCUT2D eigenvalue weighted by Crippen LogP contribution is 2.42. The molecule has 1 aromatic heterocycles. The van der Waals surface area contributed by atoms with Gasteiger partial charge in [-0.2, -0.15) is 31.4 Å². The van der Waals surface area contributed by atoms with E-state index in [1.165, 1.54) is 6.20 Å². The molecule has 0 unspecified atom stereocenters. The number of carbonyl (C=O) groups excluding carboxylic acids is 2. The van der Waals surface area contributed by atoms with Crippen molar-refractivity contribution in [2.45, 2.75) is 12.4 Å². The summed E-state index contributed by atoms with van der Waals surface area (Å²) in [4.78, 5) is 21.9. The number of rotatable bonds is 3. The third kappa shape index (κ3) is 4.23. The molecule has 1 heterocycles. The minimum atomic E-state index is -5.51. The number of aromatic hydroxyl groups is 1. The first-order valence-corrected chi connectivity index (χ1v) is 6.33. The van der Waals surface area contributed by atoms with Crippen LogP contribution in [0.15, 0.2) is 24.5 Å². The lowest BCUT2D eigenvalue weighted by Gasteiger charge is -2.15. The van der Waals surface area contributed by atoms with Crippen molar-refractivity contribution in [2.24, 2.45) is 0 Å². The van der Waals surface area contributed by atoms with E-state index in [0.29, 0.717) is 6.07 Å². The quantitative estimate of drug-likeness (QED) is 0.479. The van der Waals surface area contributed by atoms with E-state index in [1.54, 1.807) is 0 Å². The van der Waals surface area contributed by atoms with Gasteiger partial charge in [0.1, 0.15) is 0 Å². The lowest BCUT2D eigenvalue weighted by atomic mass is 10.1. The lowest BCUT2D eigenvalue weighted by Crippen LogP contribution is -2.30.